The SMILES string of the molecule is CCN1CCCC(NC(=O)c2c(Cl)cccc2Cl)C1. The molecule has 19 heavy (non-hydrogen) atoms. The van der Waals surface area contributed by atoms with Crippen LogP contribution in [-0.2, 0) is 0 Å². The van der Waals surface area contributed by atoms with E-state index < -0.39 is 0 Å². The average Bonchev–Trinajstić information content (AvgIpc) is 2.38. The lowest BCUT2D eigenvalue weighted by molar-refractivity contribution is 0.0906. The van der Waals surface area contributed by atoms with Crippen molar-refractivity contribution in [2.45, 2.75) is 25.8 Å². The minimum absolute atomic E-state index is 0.175. The van der Waals surface area contributed by atoms with Crippen molar-refractivity contribution in [3.63, 3.8) is 0 Å². The van der Waals surface area contributed by atoms with Gasteiger partial charge in [0.05, 0.1) is 15.6 Å². The molecule has 1 aliphatic heterocycles. The number of benzene rings is 1. The molecule has 0 aromatic heterocycles. The molecular weight excluding hydrogens is 283 g/mol. The summed E-state index contributed by atoms with van der Waals surface area (Å²) in [6, 6.07) is 5.28. The molecule has 0 aliphatic carbocycles. The third kappa shape index (κ3) is 3.62. The van der Waals surface area contributed by atoms with Crippen molar-refractivity contribution in [1.82, 2.24) is 10.2 Å². The first kappa shape index (κ1) is 14.6. The summed E-state index contributed by atoms with van der Waals surface area (Å²) in [6.45, 7) is 5.15. The van der Waals surface area contributed by atoms with Crippen LogP contribution < -0.4 is 5.32 Å². The molecular formula is C14H18Cl2N2O. The zero-order valence-corrected chi connectivity index (χ0v) is 12.5. The quantitative estimate of drug-likeness (QED) is 0.930. The van der Waals surface area contributed by atoms with Crippen molar-refractivity contribution in [3.8, 4) is 0 Å². The number of hydrogen-bond donors (Lipinski definition) is 1. The summed E-state index contributed by atoms with van der Waals surface area (Å²) in [5.41, 5.74) is 0.374. The maximum absolute atomic E-state index is 12.3. The summed E-state index contributed by atoms with van der Waals surface area (Å²) < 4.78 is 0. The molecule has 2 rings (SSSR count). The predicted octanol–water partition coefficient (Wildman–Crippen LogP) is 3.21. The molecule has 1 amide bonds. The maximum Gasteiger partial charge on any atom is 0.254 e. The van der Waals surface area contributed by atoms with Gasteiger partial charge in [0.15, 0.2) is 0 Å². The van der Waals surface area contributed by atoms with Gasteiger partial charge < -0.3 is 10.2 Å². The van der Waals surface area contributed by atoms with Gasteiger partial charge in [0.1, 0.15) is 0 Å². The second kappa shape index (κ2) is 6.60. The topological polar surface area (TPSA) is 32.3 Å². The summed E-state index contributed by atoms with van der Waals surface area (Å²) >= 11 is 12.1. The molecule has 1 aliphatic rings. The summed E-state index contributed by atoms with van der Waals surface area (Å²) in [6.07, 6.45) is 2.11. The van der Waals surface area contributed by atoms with Gasteiger partial charge in [-0.1, -0.05) is 36.2 Å². The fourth-order valence-corrected chi connectivity index (χ4v) is 3.00. The molecule has 1 saturated heterocycles. The second-order valence-electron chi connectivity index (χ2n) is 4.80. The smallest absolute Gasteiger partial charge is 0.254 e. The molecule has 5 heteroatoms. The van der Waals surface area contributed by atoms with E-state index in [1.807, 2.05) is 0 Å². The van der Waals surface area contributed by atoms with Crippen LogP contribution in [0.25, 0.3) is 0 Å². The van der Waals surface area contributed by atoms with Crippen LogP contribution in [0.4, 0.5) is 0 Å². The lowest BCUT2D eigenvalue weighted by Gasteiger charge is -2.32. The number of likely N-dealkylation sites (tertiary alicyclic amines) is 1. The van der Waals surface area contributed by atoms with E-state index in [1.54, 1.807) is 18.2 Å². The Morgan fingerprint density at radius 2 is 2.11 bits per heavy atom. The van der Waals surface area contributed by atoms with Crippen molar-refractivity contribution >= 4 is 29.1 Å². The first-order chi connectivity index (χ1) is 9.11. The van der Waals surface area contributed by atoms with Crippen LogP contribution in [0.15, 0.2) is 18.2 Å². The van der Waals surface area contributed by atoms with Gasteiger partial charge in [-0.2, -0.15) is 0 Å². The second-order valence-corrected chi connectivity index (χ2v) is 5.62. The number of likely N-dealkylation sites (N-methyl/N-ethyl adjacent to an activating group) is 1. The lowest BCUT2D eigenvalue weighted by atomic mass is 10.1. The molecule has 1 N–H and O–H groups in total. The van der Waals surface area contributed by atoms with E-state index in [0.29, 0.717) is 15.6 Å². The van der Waals surface area contributed by atoms with E-state index >= 15 is 0 Å². The highest BCUT2D eigenvalue weighted by Crippen LogP contribution is 2.24. The van der Waals surface area contributed by atoms with E-state index in [1.165, 1.54) is 0 Å². The molecule has 1 aromatic carbocycles. The molecule has 1 heterocycles. The monoisotopic (exact) mass is 300 g/mol. The van der Waals surface area contributed by atoms with Gasteiger partial charge in [-0.25, -0.2) is 0 Å². The van der Waals surface area contributed by atoms with Gasteiger partial charge in [-0.3, -0.25) is 4.79 Å². The van der Waals surface area contributed by atoms with Crippen molar-refractivity contribution in [2.24, 2.45) is 0 Å². The summed E-state index contributed by atoms with van der Waals surface area (Å²) in [7, 11) is 0. The highest BCUT2D eigenvalue weighted by Gasteiger charge is 2.22. The highest BCUT2D eigenvalue weighted by molar-refractivity contribution is 6.39. The Hall–Kier alpha value is -0.770. The van der Waals surface area contributed by atoms with Crippen molar-refractivity contribution in [2.75, 3.05) is 19.6 Å². The Morgan fingerprint density at radius 1 is 1.42 bits per heavy atom. The molecule has 1 atom stereocenters. The van der Waals surface area contributed by atoms with E-state index in [0.717, 1.165) is 32.5 Å². The van der Waals surface area contributed by atoms with Crippen LogP contribution in [0, 0.1) is 0 Å². The van der Waals surface area contributed by atoms with Gasteiger partial charge in [-0.15, -0.1) is 0 Å². The van der Waals surface area contributed by atoms with Crippen LogP contribution in [0.5, 0.6) is 0 Å². The molecule has 1 fully saturated rings. The fourth-order valence-electron chi connectivity index (χ4n) is 2.43. The minimum Gasteiger partial charge on any atom is -0.348 e. The van der Waals surface area contributed by atoms with Gasteiger partial charge >= 0.3 is 0 Å². The van der Waals surface area contributed by atoms with Crippen LogP contribution in [0.2, 0.25) is 10.0 Å². The zero-order valence-electron chi connectivity index (χ0n) is 11.0. The molecule has 0 saturated carbocycles. The number of halogens is 2. The van der Waals surface area contributed by atoms with E-state index in [2.05, 4.69) is 17.1 Å². The lowest BCUT2D eigenvalue weighted by Crippen LogP contribution is -2.47. The number of nitrogens with zero attached hydrogens (tertiary/aromatic N) is 1. The first-order valence-electron chi connectivity index (χ1n) is 6.59. The third-order valence-corrected chi connectivity index (χ3v) is 4.11. The van der Waals surface area contributed by atoms with E-state index in [4.69, 9.17) is 23.2 Å². The molecule has 0 bridgehead atoms. The van der Waals surface area contributed by atoms with Gasteiger partial charge in [0, 0.05) is 12.6 Å². The van der Waals surface area contributed by atoms with E-state index in [9.17, 15) is 4.79 Å². The molecule has 0 spiro atoms. The molecule has 1 unspecified atom stereocenters. The van der Waals surface area contributed by atoms with Gasteiger partial charge in [0.25, 0.3) is 5.91 Å². The average molecular weight is 301 g/mol. The predicted molar refractivity (Wildman–Crippen MR) is 79.1 cm³/mol. The van der Waals surface area contributed by atoms with Crippen molar-refractivity contribution in [1.29, 1.82) is 0 Å². The molecule has 104 valence electrons. The van der Waals surface area contributed by atoms with Crippen LogP contribution in [-0.4, -0.2) is 36.5 Å². The fraction of sp³-hybridized carbons (Fsp3) is 0.500. The Morgan fingerprint density at radius 3 is 2.74 bits per heavy atom. The molecule has 3 nitrogen and oxygen atoms in total. The van der Waals surface area contributed by atoms with Gasteiger partial charge in [-0.05, 0) is 38.1 Å². The summed E-state index contributed by atoms with van der Waals surface area (Å²) in [4.78, 5) is 14.6. The van der Waals surface area contributed by atoms with Crippen molar-refractivity contribution < 1.29 is 4.79 Å². The number of carbonyl (C=O) groups excluding carboxylic acids is 1. The zero-order chi connectivity index (χ0) is 13.8. The Bertz CT molecular complexity index is 445. The maximum atomic E-state index is 12.3. The van der Waals surface area contributed by atoms with Crippen molar-refractivity contribution in [3.05, 3.63) is 33.8 Å². The Balaban J connectivity index is 2.05. The largest absolute Gasteiger partial charge is 0.348 e. The summed E-state index contributed by atoms with van der Waals surface area (Å²) in [5.74, 6) is -0.182. The van der Waals surface area contributed by atoms with E-state index in [-0.39, 0.29) is 11.9 Å². The normalized spacial score (nSPS) is 20.3. The van der Waals surface area contributed by atoms with Gasteiger partial charge in [0.2, 0.25) is 0 Å². The number of carbonyl (C=O) groups is 1. The number of hydrogen-bond acceptors (Lipinski definition) is 2. The number of nitrogens with one attached hydrogen (secondary N) is 1. The first-order valence-corrected chi connectivity index (χ1v) is 7.34. The standard InChI is InChI=1S/C14H18Cl2N2O/c1-2-18-8-4-5-10(9-18)17-14(19)13-11(15)6-3-7-12(13)16/h3,6-7,10H,2,4-5,8-9H2,1H3,(H,17,19). The minimum atomic E-state index is -0.182. The van der Waals surface area contributed by atoms with Crippen LogP contribution >= 0.6 is 23.2 Å². The number of piperidine rings is 1. The molecule has 1 aromatic rings. The summed E-state index contributed by atoms with van der Waals surface area (Å²) in [5, 5.41) is 3.82. The van der Waals surface area contributed by atoms with Crippen LogP contribution in [0.1, 0.15) is 30.1 Å². The van der Waals surface area contributed by atoms with Crippen LogP contribution in [0.3, 0.4) is 0 Å². The highest BCUT2D eigenvalue weighted by atomic mass is 35.5. The number of rotatable bonds is 3. The molecule has 0 radical (unpaired) electrons. The third-order valence-electron chi connectivity index (χ3n) is 3.48. The Labute approximate surface area is 123 Å². The Kier molecular flexibility index (Phi) is 5.08. The number of amides is 1.